The molecule has 2 atom stereocenters. The van der Waals surface area contributed by atoms with Crippen LogP contribution in [0, 0.1) is 18.3 Å². The van der Waals surface area contributed by atoms with Crippen molar-refractivity contribution in [3.8, 4) is 0 Å². The molecule has 0 heteroatoms. The quantitative estimate of drug-likeness (QED) is 0.359. The zero-order chi connectivity index (χ0) is 24.3. The van der Waals surface area contributed by atoms with Gasteiger partial charge in [0.1, 0.15) is 0 Å². The minimum atomic E-state index is 0.627. The Morgan fingerprint density at radius 3 is 2.09 bits per heavy atom. The average Bonchev–Trinajstić information content (AvgIpc) is 2.80. The first-order valence-electron chi connectivity index (χ1n) is 13.7. The highest BCUT2D eigenvalue weighted by Gasteiger charge is 2.39. The van der Waals surface area contributed by atoms with Crippen LogP contribution in [-0.2, 0) is 6.42 Å². The minimum Gasteiger partial charge on any atom is -0.0955 e. The Morgan fingerprint density at radius 2 is 1.58 bits per heavy atom. The standard InChI is InChI=1S/C21H34.C12H16/c1-4-10-18-15-20(19-11-8-7-9-12-19)17-21(16-18,13-5-2)14-6-3;1-5-11-6-7-12(9(2)3)10(4)8-11/h7-9,11-12,18,20H,4-6,10,13-17H2,1-3H3;6-8H,2,5H2,1,3-4H3. The molecule has 0 aliphatic heterocycles. The first kappa shape index (κ1) is 27.4. The number of hydrogen-bond donors (Lipinski definition) is 0. The van der Waals surface area contributed by atoms with Gasteiger partial charge in [-0.15, -0.1) is 0 Å². The fourth-order valence-corrected chi connectivity index (χ4v) is 6.41. The zero-order valence-electron chi connectivity index (χ0n) is 22.6. The highest BCUT2D eigenvalue weighted by Crippen LogP contribution is 2.52. The lowest BCUT2D eigenvalue weighted by atomic mass is 9.60. The van der Waals surface area contributed by atoms with Crippen molar-refractivity contribution < 1.29 is 0 Å². The summed E-state index contributed by atoms with van der Waals surface area (Å²) in [4.78, 5) is 0. The maximum absolute atomic E-state index is 3.94. The number of rotatable bonds is 9. The summed E-state index contributed by atoms with van der Waals surface area (Å²) in [5.74, 6) is 1.75. The van der Waals surface area contributed by atoms with Crippen molar-refractivity contribution in [1.29, 1.82) is 0 Å². The van der Waals surface area contributed by atoms with Crippen molar-refractivity contribution in [2.45, 2.75) is 112 Å². The van der Waals surface area contributed by atoms with Crippen LogP contribution < -0.4 is 0 Å². The van der Waals surface area contributed by atoms with Gasteiger partial charge in [0.05, 0.1) is 0 Å². The lowest BCUT2D eigenvalue weighted by Crippen LogP contribution is -2.32. The van der Waals surface area contributed by atoms with Crippen molar-refractivity contribution in [3.63, 3.8) is 0 Å². The summed E-state index contributed by atoms with van der Waals surface area (Å²) < 4.78 is 0. The molecule has 0 nitrogen and oxygen atoms in total. The molecule has 2 aromatic rings. The van der Waals surface area contributed by atoms with E-state index in [2.05, 4.69) is 89.7 Å². The summed E-state index contributed by atoms with van der Waals surface area (Å²) in [5, 5.41) is 0. The molecular weight excluding hydrogens is 396 g/mol. The lowest BCUT2D eigenvalue weighted by molar-refractivity contribution is 0.0904. The molecule has 0 amide bonds. The fourth-order valence-electron chi connectivity index (χ4n) is 6.41. The van der Waals surface area contributed by atoms with Crippen LogP contribution in [-0.4, -0.2) is 0 Å². The molecule has 0 N–H and O–H groups in total. The van der Waals surface area contributed by atoms with Gasteiger partial charge in [0, 0.05) is 0 Å². The van der Waals surface area contributed by atoms with E-state index in [0.717, 1.165) is 23.8 Å². The van der Waals surface area contributed by atoms with E-state index in [-0.39, 0.29) is 0 Å². The third-order valence-electron chi connectivity index (χ3n) is 7.71. The molecule has 2 aromatic carbocycles. The third-order valence-corrected chi connectivity index (χ3v) is 7.71. The summed E-state index contributed by atoms with van der Waals surface area (Å²) in [6.07, 6.45) is 13.8. The van der Waals surface area contributed by atoms with Gasteiger partial charge in [-0.1, -0.05) is 114 Å². The van der Waals surface area contributed by atoms with E-state index in [9.17, 15) is 0 Å². The molecule has 1 aliphatic rings. The maximum Gasteiger partial charge on any atom is -0.0154 e. The van der Waals surface area contributed by atoms with Crippen LogP contribution in [0.15, 0.2) is 55.1 Å². The normalized spacial score (nSPS) is 19.5. The Kier molecular flexibility index (Phi) is 11.5. The fraction of sp³-hybridized carbons (Fsp3) is 0.576. The van der Waals surface area contributed by atoms with Crippen molar-refractivity contribution in [1.82, 2.24) is 0 Å². The van der Waals surface area contributed by atoms with E-state index in [4.69, 9.17) is 0 Å². The lowest BCUT2D eigenvalue weighted by Gasteiger charge is -2.45. The summed E-state index contributed by atoms with van der Waals surface area (Å²) >= 11 is 0. The van der Waals surface area contributed by atoms with Gasteiger partial charge in [-0.3, -0.25) is 0 Å². The molecule has 182 valence electrons. The predicted octanol–water partition coefficient (Wildman–Crippen LogP) is 10.5. The van der Waals surface area contributed by atoms with E-state index < -0.39 is 0 Å². The number of aryl methyl sites for hydroxylation is 2. The first-order valence-corrected chi connectivity index (χ1v) is 13.7. The van der Waals surface area contributed by atoms with Gasteiger partial charge in [0.2, 0.25) is 0 Å². The molecule has 1 saturated carbocycles. The summed E-state index contributed by atoms with van der Waals surface area (Å²) in [6, 6.07) is 17.9. The Morgan fingerprint density at radius 1 is 0.909 bits per heavy atom. The van der Waals surface area contributed by atoms with E-state index in [1.54, 1.807) is 5.56 Å². The van der Waals surface area contributed by atoms with E-state index >= 15 is 0 Å². The smallest absolute Gasteiger partial charge is 0.0154 e. The average molecular weight is 447 g/mol. The second kappa shape index (κ2) is 13.8. The highest BCUT2D eigenvalue weighted by atomic mass is 14.4. The predicted molar refractivity (Wildman–Crippen MR) is 149 cm³/mol. The molecule has 33 heavy (non-hydrogen) atoms. The van der Waals surface area contributed by atoms with E-state index in [1.165, 1.54) is 74.5 Å². The van der Waals surface area contributed by atoms with Crippen LogP contribution in [0.4, 0.5) is 0 Å². The Balaban J connectivity index is 0.000000273. The molecule has 2 unspecified atom stereocenters. The van der Waals surface area contributed by atoms with Crippen LogP contribution in [0.1, 0.15) is 121 Å². The molecule has 0 aromatic heterocycles. The van der Waals surface area contributed by atoms with Gasteiger partial charge < -0.3 is 0 Å². The molecule has 0 saturated heterocycles. The highest BCUT2D eigenvalue weighted by molar-refractivity contribution is 5.64. The van der Waals surface area contributed by atoms with Gasteiger partial charge in [-0.05, 0) is 91.9 Å². The van der Waals surface area contributed by atoms with Crippen LogP contribution in [0.5, 0.6) is 0 Å². The number of allylic oxidation sites excluding steroid dienone is 1. The van der Waals surface area contributed by atoms with Crippen LogP contribution in [0.2, 0.25) is 0 Å². The summed E-state index contributed by atoms with van der Waals surface area (Å²) in [7, 11) is 0. The Hall–Kier alpha value is -1.82. The first-order chi connectivity index (χ1) is 15.9. The van der Waals surface area contributed by atoms with Crippen LogP contribution >= 0.6 is 0 Å². The Bertz CT molecular complexity index is 822. The third kappa shape index (κ3) is 8.16. The van der Waals surface area contributed by atoms with Crippen molar-refractivity contribution in [3.05, 3.63) is 77.4 Å². The largest absolute Gasteiger partial charge is 0.0955 e. The summed E-state index contributed by atoms with van der Waals surface area (Å²) in [6.45, 7) is 17.4. The molecule has 0 spiro atoms. The second-order valence-corrected chi connectivity index (χ2v) is 10.7. The van der Waals surface area contributed by atoms with Crippen LogP contribution in [0.3, 0.4) is 0 Å². The minimum absolute atomic E-state index is 0.627. The second-order valence-electron chi connectivity index (χ2n) is 10.7. The monoisotopic (exact) mass is 446 g/mol. The maximum atomic E-state index is 3.94. The number of benzene rings is 2. The molecular formula is C33H50. The van der Waals surface area contributed by atoms with Gasteiger partial charge >= 0.3 is 0 Å². The van der Waals surface area contributed by atoms with Gasteiger partial charge in [0.15, 0.2) is 0 Å². The molecule has 1 fully saturated rings. The van der Waals surface area contributed by atoms with E-state index in [0.29, 0.717) is 5.41 Å². The van der Waals surface area contributed by atoms with Gasteiger partial charge in [-0.25, -0.2) is 0 Å². The Labute approximate surface area is 205 Å². The molecule has 3 rings (SSSR count). The van der Waals surface area contributed by atoms with Crippen LogP contribution in [0.25, 0.3) is 5.57 Å². The zero-order valence-corrected chi connectivity index (χ0v) is 22.6. The van der Waals surface area contributed by atoms with Crippen molar-refractivity contribution in [2.24, 2.45) is 11.3 Å². The molecule has 0 bridgehead atoms. The van der Waals surface area contributed by atoms with E-state index in [1.807, 2.05) is 6.92 Å². The molecule has 1 aliphatic carbocycles. The summed E-state index contributed by atoms with van der Waals surface area (Å²) in [5.41, 5.74) is 7.39. The number of hydrogen-bond acceptors (Lipinski definition) is 0. The van der Waals surface area contributed by atoms with Crippen molar-refractivity contribution in [2.75, 3.05) is 0 Å². The van der Waals surface area contributed by atoms with Gasteiger partial charge in [0.25, 0.3) is 0 Å². The van der Waals surface area contributed by atoms with Crippen molar-refractivity contribution >= 4 is 5.57 Å². The SMILES string of the molecule is C=C(C)c1ccc(CC)cc1C.CCCC1CC(c2ccccc2)CC(CCC)(CCC)C1. The molecule has 0 radical (unpaired) electrons. The topological polar surface area (TPSA) is 0 Å². The molecule has 0 heterocycles. The van der Waals surface area contributed by atoms with Gasteiger partial charge in [-0.2, -0.15) is 0 Å².